The number of nitro groups is 1. The van der Waals surface area contributed by atoms with E-state index in [9.17, 15) is 10.1 Å². The number of rotatable bonds is 4. The van der Waals surface area contributed by atoms with E-state index in [1.165, 1.54) is 6.07 Å². The minimum Gasteiger partial charge on any atom is -0.364 e. The molecule has 0 saturated heterocycles. The predicted octanol–water partition coefficient (Wildman–Crippen LogP) is 3.87. The highest BCUT2D eigenvalue weighted by Crippen LogP contribution is 2.37. The molecule has 0 fully saturated rings. The second-order valence-electron chi connectivity index (χ2n) is 4.59. The van der Waals surface area contributed by atoms with Crippen molar-refractivity contribution in [3.05, 3.63) is 33.3 Å². The Balaban J connectivity index is 3.32. The lowest BCUT2D eigenvalue weighted by molar-refractivity contribution is -0.384. The predicted molar refractivity (Wildman–Crippen MR) is 70.9 cm³/mol. The molecule has 1 aromatic carbocycles. The van der Waals surface area contributed by atoms with Crippen LogP contribution >= 0.6 is 11.6 Å². The highest BCUT2D eigenvalue weighted by molar-refractivity contribution is 6.33. The van der Waals surface area contributed by atoms with E-state index in [1.807, 2.05) is 32.7 Å². The number of anilines is 1. The minimum atomic E-state index is -0.431. The molecular weight excluding hydrogens is 240 g/mol. The Hall–Kier alpha value is -1.29. The summed E-state index contributed by atoms with van der Waals surface area (Å²) in [5, 5.41) is 11.2. The number of hydrogen-bond donors (Lipinski definition) is 0. The molecule has 0 N–H and O–H groups in total. The third-order valence-electron chi connectivity index (χ3n) is 3.28. The number of hydrogen-bond acceptors (Lipinski definition) is 3. The smallest absolute Gasteiger partial charge is 0.310 e. The van der Waals surface area contributed by atoms with E-state index in [4.69, 9.17) is 11.6 Å². The first-order chi connectivity index (χ1) is 7.81. The summed E-state index contributed by atoms with van der Waals surface area (Å²) in [6.45, 7) is 6.13. The summed E-state index contributed by atoms with van der Waals surface area (Å²) in [7, 11) is 1.85. The van der Waals surface area contributed by atoms with Gasteiger partial charge in [-0.3, -0.25) is 10.1 Å². The lowest BCUT2D eigenvalue weighted by Gasteiger charge is -2.36. The number of para-hydroxylation sites is 1. The maximum absolute atomic E-state index is 11.1. The molecule has 1 aromatic rings. The van der Waals surface area contributed by atoms with Gasteiger partial charge in [0.2, 0.25) is 0 Å². The van der Waals surface area contributed by atoms with E-state index in [0.717, 1.165) is 6.42 Å². The quantitative estimate of drug-likeness (QED) is 0.607. The Morgan fingerprint density at radius 2 is 2.06 bits per heavy atom. The van der Waals surface area contributed by atoms with Crippen LogP contribution in [0.5, 0.6) is 0 Å². The van der Waals surface area contributed by atoms with E-state index >= 15 is 0 Å². The first kappa shape index (κ1) is 13.8. The molecular formula is C12H17ClN2O2. The number of benzene rings is 1. The van der Waals surface area contributed by atoms with Crippen LogP contribution in [0.1, 0.15) is 27.2 Å². The molecule has 0 atom stereocenters. The van der Waals surface area contributed by atoms with Crippen molar-refractivity contribution in [2.75, 3.05) is 11.9 Å². The van der Waals surface area contributed by atoms with Crippen molar-refractivity contribution in [3.63, 3.8) is 0 Å². The molecule has 4 nitrogen and oxygen atoms in total. The van der Waals surface area contributed by atoms with Gasteiger partial charge in [-0.2, -0.15) is 0 Å². The maximum Gasteiger partial charge on any atom is 0.310 e. The molecule has 0 aliphatic rings. The highest BCUT2D eigenvalue weighted by Gasteiger charge is 2.28. The van der Waals surface area contributed by atoms with Gasteiger partial charge in [0.1, 0.15) is 10.7 Å². The second-order valence-corrected chi connectivity index (χ2v) is 5.00. The number of halogens is 1. The first-order valence-electron chi connectivity index (χ1n) is 5.48. The van der Waals surface area contributed by atoms with Crippen LogP contribution in [0.3, 0.4) is 0 Å². The van der Waals surface area contributed by atoms with Gasteiger partial charge in [-0.25, -0.2) is 0 Å². The Bertz CT molecular complexity index is 433. The van der Waals surface area contributed by atoms with Crippen molar-refractivity contribution in [2.24, 2.45) is 0 Å². The van der Waals surface area contributed by atoms with Crippen LogP contribution in [0.2, 0.25) is 5.02 Å². The monoisotopic (exact) mass is 256 g/mol. The van der Waals surface area contributed by atoms with Crippen LogP contribution in [0.4, 0.5) is 11.4 Å². The minimum absolute atomic E-state index is 0.0295. The zero-order chi connectivity index (χ0) is 13.2. The van der Waals surface area contributed by atoms with Crippen LogP contribution in [0.15, 0.2) is 18.2 Å². The Morgan fingerprint density at radius 3 is 2.53 bits per heavy atom. The van der Waals surface area contributed by atoms with Gasteiger partial charge < -0.3 is 4.90 Å². The second kappa shape index (κ2) is 4.92. The zero-order valence-corrected chi connectivity index (χ0v) is 11.3. The van der Waals surface area contributed by atoms with Crippen molar-refractivity contribution in [2.45, 2.75) is 32.7 Å². The van der Waals surface area contributed by atoms with E-state index in [1.54, 1.807) is 12.1 Å². The van der Waals surface area contributed by atoms with Crippen LogP contribution < -0.4 is 4.90 Å². The lowest BCUT2D eigenvalue weighted by atomic mass is 9.99. The van der Waals surface area contributed by atoms with Gasteiger partial charge in [-0.15, -0.1) is 0 Å². The molecule has 5 heteroatoms. The van der Waals surface area contributed by atoms with Crippen molar-refractivity contribution in [1.82, 2.24) is 0 Å². The molecule has 0 bridgehead atoms. The molecule has 0 radical (unpaired) electrons. The summed E-state index contributed by atoms with van der Waals surface area (Å²) in [5.41, 5.74) is 0.364. The third-order valence-corrected chi connectivity index (χ3v) is 3.59. The largest absolute Gasteiger partial charge is 0.364 e. The van der Waals surface area contributed by atoms with Gasteiger partial charge in [0.25, 0.3) is 0 Å². The molecule has 0 amide bonds. The Morgan fingerprint density at radius 1 is 1.47 bits per heavy atom. The summed E-state index contributed by atoms with van der Waals surface area (Å²) in [6.07, 6.45) is 0.882. The molecule has 0 aliphatic carbocycles. The fourth-order valence-electron chi connectivity index (χ4n) is 1.52. The van der Waals surface area contributed by atoms with Gasteiger partial charge in [-0.1, -0.05) is 24.6 Å². The SMILES string of the molecule is CCC(C)(C)N(C)c1cccc(Cl)c1[N+](=O)[O-]. The molecule has 17 heavy (non-hydrogen) atoms. The Kier molecular flexibility index (Phi) is 3.98. The maximum atomic E-state index is 11.1. The Labute approximate surface area is 106 Å². The molecule has 0 spiro atoms. The summed E-state index contributed by atoms with van der Waals surface area (Å²) < 4.78 is 0. The van der Waals surface area contributed by atoms with Crippen LogP contribution in [0.25, 0.3) is 0 Å². The van der Waals surface area contributed by atoms with Gasteiger partial charge in [0.15, 0.2) is 0 Å². The summed E-state index contributed by atoms with van der Waals surface area (Å²) in [6, 6.07) is 4.99. The molecule has 0 unspecified atom stereocenters. The average molecular weight is 257 g/mol. The third kappa shape index (κ3) is 2.69. The lowest BCUT2D eigenvalue weighted by Crippen LogP contribution is -2.40. The zero-order valence-electron chi connectivity index (χ0n) is 10.5. The highest BCUT2D eigenvalue weighted by atomic mass is 35.5. The summed E-state index contributed by atoms with van der Waals surface area (Å²) in [4.78, 5) is 12.5. The molecule has 0 aromatic heterocycles. The van der Waals surface area contributed by atoms with Crippen LogP contribution in [0, 0.1) is 10.1 Å². The summed E-state index contributed by atoms with van der Waals surface area (Å²) in [5.74, 6) is 0. The molecule has 0 aliphatic heterocycles. The summed E-state index contributed by atoms with van der Waals surface area (Å²) >= 11 is 5.89. The van der Waals surface area contributed by atoms with Gasteiger partial charge in [0, 0.05) is 12.6 Å². The normalized spacial score (nSPS) is 11.4. The van der Waals surface area contributed by atoms with E-state index in [2.05, 4.69) is 0 Å². The topological polar surface area (TPSA) is 46.4 Å². The fraction of sp³-hybridized carbons (Fsp3) is 0.500. The first-order valence-corrected chi connectivity index (χ1v) is 5.85. The van der Waals surface area contributed by atoms with Gasteiger partial charge in [-0.05, 0) is 32.4 Å². The number of nitrogens with zero attached hydrogens (tertiary/aromatic N) is 2. The van der Waals surface area contributed by atoms with Crippen molar-refractivity contribution < 1.29 is 4.92 Å². The van der Waals surface area contributed by atoms with E-state index in [0.29, 0.717) is 5.69 Å². The van der Waals surface area contributed by atoms with Crippen molar-refractivity contribution in [1.29, 1.82) is 0 Å². The van der Waals surface area contributed by atoms with Crippen LogP contribution in [-0.4, -0.2) is 17.5 Å². The fourth-order valence-corrected chi connectivity index (χ4v) is 1.76. The van der Waals surface area contributed by atoms with Crippen molar-refractivity contribution in [3.8, 4) is 0 Å². The van der Waals surface area contributed by atoms with Crippen LogP contribution in [-0.2, 0) is 0 Å². The average Bonchev–Trinajstić information content (AvgIpc) is 2.27. The molecule has 0 saturated carbocycles. The molecule has 94 valence electrons. The standard InChI is InChI=1S/C12H17ClN2O2/c1-5-12(2,3)14(4)10-8-6-7-9(13)11(10)15(16)17/h6-8H,5H2,1-4H3. The van der Waals surface area contributed by atoms with E-state index < -0.39 is 4.92 Å². The van der Waals surface area contributed by atoms with Gasteiger partial charge in [0.05, 0.1) is 4.92 Å². The molecule has 1 rings (SSSR count). The number of nitro benzene ring substituents is 1. The van der Waals surface area contributed by atoms with E-state index in [-0.39, 0.29) is 16.2 Å². The van der Waals surface area contributed by atoms with Crippen molar-refractivity contribution >= 4 is 23.0 Å². The van der Waals surface area contributed by atoms with Gasteiger partial charge >= 0.3 is 5.69 Å². The molecule has 0 heterocycles.